The monoisotopic (exact) mass is 430 g/mol. The Balaban J connectivity index is 2.94. The molecular formula is C12H15IO9. The normalized spacial score (nSPS) is 26.9. The van der Waals surface area contributed by atoms with Gasteiger partial charge in [-0.15, -0.1) is 0 Å². The smallest absolute Gasteiger partial charge is 0.367 e. The van der Waals surface area contributed by atoms with Crippen LogP contribution < -0.4 is 0 Å². The second-order valence-corrected chi connectivity index (χ2v) is 5.23. The highest BCUT2D eigenvalue weighted by atomic mass is 127. The van der Waals surface area contributed by atoms with E-state index in [4.69, 9.17) is 23.7 Å². The minimum Gasteiger partial charge on any atom is -0.455 e. The van der Waals surface area contributed by atoms with E-state index in [2.05, 4.69) is 0 Å². The number of carbonyl (C=O) groups is 4. The van der Waals surface area contributed by atoms with Gasteiger partial charge in [0.1, 0.15) is 12.7 Å². The van der Waals surface area contributed by atoms with Gasteiger partial charge in [0.25, 0.3) is 0 Å². The zero-order valence-corrected chi connectivity index (χ0v) is 14.2. The van der Waals surface area contributed by atoms with Gasteiger partial charge < -0.3 is 23.7 Å². The van der Waals surface area contributed by atoms with E-state index in [9.17, 15) is 19.2 Å². The third-order valence-corrected chi connectivity index (χ3v) is 2.83. The van der Waals surface area contributed by atoms with Crippen LogP contribution in [0.5, 0.6) is 0 Å². The van der Waals surface area contributed by atoms with Gasteiger partial charge in [-0.1, -0.05) is 0 Å². The molecule has 0 spiro atoms. The topological polar surface area (TPSA) is 114 Å². The Morgan fingerprint density at radius 2 is 1.41 bits per heavy atom. The van der Waals surface area contributed by atoms with Gasteiger partial charge in [0.2, 0.25) is 12.4 Å². The molecule has 10 heteroatoms. The van der Waals surface area contributed by atoms with Gasteiger partial charge in [-0.3, -0.25) is 14.4 Å². The fourth-order valence-electron chi connectivity index (χ4n) is 1.88. The maximum Gasteiger partial charge on any atom is 0.367 e. The Morgan fingerprint density at radius 1 is 0.909 bits per heavy atom. The van der Waals surface area contributed by atoms with E-state index >= 15 is 0 Å². The minimum absolute atomic E-state index is 0.255. The molecule has 1 aliphatic rings. The maximum atomic E-state index is 11.2. The Morgan fingerprint density at radius 3 is 1.86 bits per heavy atom. The van der Waals surface area contributed by atoms with Crippen LogP contribution in [0.3, 0.4) is 0 Å². The lowest BCUT2D eigenvalue weighted by Gasteiger charge is -2.22. The Bertz CT molecular complexity index is 464. The largest absolute Gasteiger partial charge is 0.455 e. The molecular weight excluding hydrogens is 415 g/mol. The van der Waals surface area contributed by atoms with Gasteiger partial charge >= 0.3 is 21.9 Å². The van der Waals surface area contributed by atoms with Crippen LogP contribution in [0.1, 0.15) is 20.8 Å². The van der Waals surface area contributed by atoms with Crippen LogP contribution in [0.15, 0.2) is 0 Å². The summed E-state index contributed by atoms with van der Waals surface area (Å²) < 4.78 is 24.5. The van der Waals surface area contributed by atoms with Crippen molar-refractivity contribution in [3.8, 4) is 0 Å². The van der Waals surface area contributed by atoms with Crippen molar-refractivity contribution < 1.29 is 42.9 Å². The second kappa shape index (κ2) is 8.27. The number of ether oxygens (including phenoxy) is 5. The highest BCUT2D eigenvalue weighted by Crippen LogP contribution is 2.28. The molecule has 0 aromatic rings. The summed E-state index contributed by atoms with van der Waals surface area (Å²) in [4.78, 5) is 44.4. The zero-order valence-electron chi connectivity index (χ0n) is 12.1. The summed E-state index contributed by atoms with van der Waals surface area (Å²) in [7, 11) is 0. The second-order valence-electron chi connectivity index (χ2n) is 4.35. The molecule has 0 unspecified atom stereocenters. The zero-order chi connectivity index (χ0) is 16.9. The third kappa shape index (κ3) is 5.75. The van der Waals surface area contributed by atoms with Crippen LogP contribution in [0.2, 0.25) is 0 Å². The van der Waals surface area contributed by atoms with E-state index in [1.54, 1.807) is 0 Å². The van der Waals surface area contributed by atoms with Gasteiger partial charge in [0.05, 0.1) is 22.6 Å². The van der Waals surface area contributed by atoms with E-state index in [1.165, 1.54) is 22.6 Å². The minimum atomic E-state index is -1.26. The average molecular weight is 430 g/mol. The quantitative estimate of drug-likeness (QED) is 0.269. The van der Waals surface area contributed by atoms with Crippen molar-refractivity contribution in [3.05, 3.63) is 0 Å². The molecule has 1 heterocycles. The molecule has 22 heavy (non-hydrogen) atoms. The summed E-state index contributed by atoms with van der Waals surface area (Å²) in [6.07, 6.45) is -4.41. The molecule has 0 saturated carbocycles. The van der Waals surface area contributed by atoms with E-state index in [0.29, 0.717) is 0 Å². The van der Waals surface area contributed by atoms with E-state index in [-0.39, 0.29) is 6.61 Å². The number of halogens is 1. The molecule has 9 nitrogen and oxygen atoms in total. The molecule has 0 bridgehead atoms. The molecule has 0 N–H and O–H groups in total. The number of rotatable bonds is 5. The van der Waals surface area contributed by atoms with Crippen LogP contribution in [0.25, 0.3) is 0 Å². The number of carbonyl (C=O) groups excluding carboxylic acids is 4. The molecule has 0 radical (unpaired) electrons. The molecule has 1 rings (SSSR count). The lowest BCUT2D eigenvalue weighted by atomic mass is 10.1. The van der Waals surface area contributed by atoms with Crippen molar-refractivity contribution in [2.24, 2.45) is 0 Å². The Kier molecular flexibility index (Phi) is 7.00. The number of esters is 3. The molecule has 1 aliphatic heterocycles. The van der Waals surface area contributed by atoms with Gasteiger partial charge in [0.15, 0.2) is 6.10 Å². The molecule has 0 amide bonds. The lowest BCUT2D eigenvalue weighted by Crippen LogP contribution is -2.42. The van der Waals surface area contributed by atoms with Crippen molar-refractivity contribution in [2.45, 2.75) is 45.4 Å². The number of hydrogen-bond donors (Lipinski definition) is 0. The summed E-state index contributed by atoms with van der Waals surface area (Å²) in [6.45, 7) is 3.20. The van der Waals surface area contributed by atoms with Gasteiger partial charge in [-0.25, -0.2) is 4.79 Å². The van der Waals surface area contributed by atoms with E-state index in [1.807, 2.05) is 0 Å². The van der Waals surface area contributed by atoms with Crippen LogP contribution in [-0.2, 0) is 38.1 Å². The first-order chi connectivity index (χ1) is 10.2. The first kappa shape index (κ1) is 18.6. The van der Waals surface area contributed by atoms with Gasteiger partial charge in [-0.2, -0.15) is 0 Å². The summed E-state index contributed by atoms with van der Waals surface area (Å²) in [5, 5.41) is 0. The van der Waals surface area contributed by atoms with Crippen molar-refractivity contribution >= 4 is 44.5 Å². The predicted octanol–water partition coefficient (Wildman–Crippen LogP) is 0.709. The fourth-order valence-corrected chi connectivity index (χ4v) is 2.06. The molecule has 124 valence electrons. The predicted molar refractivity (Wildman–Crippen MR) is 76.9 cm³/mol. The van der Waals surface area contributed by atoms with Gasteiger partial charge in [0, 0.05) is 20.8 Å². The molecule has 0 aromatic carbocycles. The third-order valence-electron chi connectivity index (χ3n) is 2.51. The van der Waals surface area contributed by atoms with Crippen molar-refractivity contribution in [3.63, 3.8) is 0 Å². The summed E-state index contributed by atoms with van der Waals surface area (Å²) in [5.41, 5.74) is 0. The molecule has 1 fully saturated rings. The van der Waals surface area contributed by atoms with Crippen molar-refractivity contribution in [2.75, 3.05) is 6.61 Å². The summed E-state index contributed by atoms with van der Waals surface area (Å²) in [6, 6.07) is 0. The standard InChI is InChI=1S/C12H15IO9/c1-5(14)19-9-8(4-18-12(13)17)22-11(21-7(3)16)10(9)20-6(2)15/h8-11H,4H2,1-3H3/t8-,9-,10-,11-/m1/s1. The van der Waals surface area contributed by atoms with Crippen LogP contribution in [0, 0.1) is 0 Å². The maximum absolute atomic E-state index is 11.2. The summed E-state index contributed by atoms with van der Waals surface area (Å²) in [5.74, 6) is -2.00. The first-order valence-electron chi connectivity index (χ1n) is 6.20. The molecule has 4 atom stereocenters. The SMILES string of the molecule is CC(=O)O[C@@H]1O[C@H](COC(=O)I)[C@@H](OC(C)=O)[C@H]1OC(C)=O. The lowest BCUT2D eigenvalue weighted by molar-refractivity contribution is -0.196. The fraction of sp³-hybridized carbons (Fsp3) is 0.667. The van der Waals surface area contributed by atoms with E-state index < -0.39 is 46.5 Å². The highest BCUT2D eigenvalue weighted by Gasteiger charge is 2.51. The van der Waals surface area contributed by atoms with Crippen LogP contribution >= 0.6 is 22.6 Å². The van der Waals surface area contributed by atoms with E-state index in [0.717, 1.165) is 20.8 Å². The first-order valence-corrected chi connectivity index (χ1v) is 7.28. The Hall–Kier alpha value is -1.43. The summed E-state index contributed by atoms with van der Waals surface area (Å²) >= 11 is 1.42. The van der Waals surface area contributed by atoms with Crippen molar-refractivity contribution in [1.29, 1.82) is 0 Å². The van der Waals surface area contributed by atoms with Crippen LogP contribution in [-0.4, -0.2) is 53.1 Å². The Labute approximate surface area is 139 Å². The highest BCUT2D eigenvalue weighted by molar-refractivity contribution is 14.1. The average Bonchev–Trinajstić information content (AvgIpc) is 2.63. The van der Waals surface area contributed by atoms with Crippen LogP contribution in [0.4, 0.5) is 4.79 Å². The van der Waals surface area contributed by atoms with Gasteiger partial charge in [-0.05, 0) is 0 Å². The molecule has 0 aliphatic carbocycles. The molecule has 0 aromatic heterocycles. The van der Waals surface area contributed by atoms with Crippen molar-refractivity contribution in [1.82, 2.24) is 0 Å². The molecule has 1 saturated heterocycles. The number of hydrogen-bond acceptors (Lipinski definition) is 9.